The van der Waals surface area contributed by atoms with Crippen LogP contribution in [0.5, 0.6) is 5.75 Å². The monoisotopic (exact) mass is 569 g/mol. The standard InChI is InChI=1S/C30H36FN3O5S/c1-6-39-27-15-17-28(18-16-27)40(37,38)34(26-13-11-25(31)12-14-26)20-29(35)33(23(5)30(36)32-21(2)3)19-24-9-7-22(4)8-10-24/h7-18,21,23H,6,19-20H2,1-5H3,(H,32,36)/t23-/m1/s1. The summed E-state index contributed by atoms with van der Waals surface area (Å²) in [6.07, 6.45) is 0. The first-order valence-corrected chi connectivity index (χ1v) is 14.5. The predicted octanol–water partition coefficient (Wildman–Crippen LogP) is 4.67. The third-order valence-electron chi connectivity index (χ3n) is 6.19. The lowest BCUT2D eigenvalue weighted by atomic mass is 10.1. The number of carbonyl (C=O) groups is 2. The van der Waals surface area contributed by atoms with Crippen LogP contribution in [0.15, 0.2) is 77.7 Å². The number of benzene rings is 3. The Morgan fingerprint density at radius 3 is 2.08 bits per heavy atom. The first-order valence-electron chi connectivity index (χ1n) is 13.1. The van der Waals surface area contributed by atoms with Gasteiger partial charge in [0.05, 0.1) is 17.2 Å². The number of hydrogen-bond acceptors (Lipinski definition) is 5. The van der Waals surface area contributed by atoms with Crippen LogP contribution in [-0.2, 0) is 26.2 Å². The number of carbonyl (C=O) groups excluding carboxylic acids is 2. The van der Waals surface area contributed by atoms with Gasteiger partial charge in [-0.3, -0.25) is 13.9 Å². The van der Waals surface area contributed by atoms with E-state index in [0.29, 0.717) is 12.4 Å². The van der Waals surface area contributed by atoms with Crippen LogP contribution >= 0.6 is 0 Å². The summed E-state index contributed by atoms with van der Waals surface area (Å²) in [7, 11) is -4.26. The molecule has 0 aliphatic rings. The highest BCUT2D eigenvalue weighted by Crippen LogP contribution is 2.26. The van der Waals surface area contributed by atoms with Crippen molar-refractivity contribution >= 4 is 27.5 Å². The second kappa shape index (κ2) is 13.4. The molecule has 0 unspecified atom stereocenters. The van der Waals surface area contributed by atoms with E-state index in [-0.39, 0.29) is 29.1 Å². The molecule has 0 fully saturated rings. The lowest BCUT2D eigenvalue weighted by Crippen LogP contribution is -2.52. The van der Waals surface area contributed by atoms with Gasteiger partial charge in [-0.15, -0.1) is 0 Å². The molecule has 8 nitrogen and oxygen atoms in total. The van der Waals surface area contributed by atoms with Crippen LogP contribution in [0, 0.1) is 12.7 Å². The fourth-order valence-corrected chi connectivity index (χ4v) is 5.43. The second-order valence-electron chi connectivity index (χ2n) is 9.74. The third kappa shape index (κ3) is 7.81. The number of nitrogens with one attached hydrogen (secondary N) is 1. The molecule has 40 heavy (non-hydrogen) atoms. The number of aryl methyl sites for hydroxylation is 1. The molecule has 0 aliphatic heterocycles. The van der Waals surface area contributed by atoms with Crippen LogP contribution in [0.4, 0.5) is 10.1 Å². The molecule has 1 atom stereocenters. The number of anilines is 1. The van der Waals surface area contributed by atoms with Crippen LogP contribution < -0.4 is 14.4 Å². The van der Waals surface area contributed by atoms with Gasteiger partial charge in [-0.2, -0.15) is 0 Å². The second-order valence-corrected chi connectivity index (χ2v) is 11.6. The molecule has 0 bridgehead atoms. The van der Waals surface area contributed by atoms with Crippen molar-refractivity contribution < 1.29 is 27.1 Å². The van der Waals surface area contributed by atoms with Gasteiger partial charge < -0.3 is 15.0 Å². The number of hydrogen-bond donors (Lipinski definition) is 1. The van der Waals surface area contributed by atoms with Gasteiger partial charge in [0.2, 0.25) is 11.8 Å². The number of ether oxygens (including phenoxy) is 1. The Hall–Kier alpha value is -3.92. The lowest BCUT2D eigenvalue weighted by Gasteiger charge is -2.32. The average Bonchev–Trinajstić information content (AvgIpc) is 2.91. The van der Waals surface area contributed by atoms with Crippen molar-refractivity contribution in [1.29, 1.82) is 0 Å². The number of sulfonamides is 1. The highest BCUT2D eigenvalue weighted by Gasteiger charge is 2.32. The van der Waals surface area contributed by atoms with Gasteiger partial charge >= 0.3 is 0 Å². The molecule has 3 aromatic rings. The van der Waals surface area contributed by atoms with Crippen molar-refractivity contribution in [2.75, 3.05) is 17.5 Å². The summed E-state index contributed by atoms with van der Waals surface area (Å²) in [5.74, 6) is -1.00. The van der Waals surface area contributed by atoms with E-state index in [1.807, 2.05) is 52.0 Å². The van der Waals surface area contributed by atoms with E-state index in [4.69, 9.17) is 4.74 Å². The van der Waals surface area contributed by atoms with E-state index in [2.05, 4.69) is 5.32 Å². The molecule has 214 valence electrons. The highest BCUT2D eigenvalue weighted by atomic mass is 32.2. The molecule has 0 heterocycles. The zero-order chi connectivity index (χ0) is 29.4. The number of halogens is 1. The molecule has 0 aliphatic carbocycles. The number of rotatable bonds is 12. The largest absolute Gasteiger partial charge is 0.494 e. The molecule has 0 aromatic heterocycles. The maximum Gasteiger partial charge on any atom is 0.264 e. The fraction of sp³-hybridized carbons (Fsp3) is 0.333. The molecule has 0 saturated carbocycles. The summed E-state index contributed by atoms with van der Waals surface area (Å²) in [6, 6.07) is 17.2. The molecule has 0 radical (unpaired) electrons. The first kappa shape index (κ1) is 30.6. The Kier molecular flexibility index (Phi) is 10.3. The molecule has 1 N–H and O–H groups in total. The van der Waals surface area contributed by atoms with Crippen LogP contribution in [-0.4, -0.2) is 50.4 Å². The Morgan fingerprint density at radius 1 is 0.925 bits per heavy atom. The van der Waals surface area contributed by atoms with E-state index in [0.717, 1.165) is 27.6 Å². The van der Waals surface area contributed by atoms with Gasteiger partial charge in [-0.25, -0.2) is 12.8 Å². The van der Waals surface area contributed by atoms with Gasteiger partial charge in [-0.05, 0) is 88.7 Å². The summed E-state index contributed by atoms with van der Waals surface area (Å²) in [5, 5.41) is 2.82. The van der Waals surface area contributed by atoms with Crippen LogP contribution in [0.3, 0.4) is 0 Å². The summed E-state index contributed by atoms with van der Waals surface area (Å²) in [6.45, 7) is 8.90. The van der Waals surface area contributed by atoms with Crippen molar-refractivity contribution in [2.45, 2.75) is 58.1 Å². The molecular weight excluding hydrogens is 533 g/mol. The van der Waals surface area contributed by atoms with Crippen molar-refractivity contribution in [1.82, 2.24) is 10.2 Å². The number of nitrogens with zero attached hydrogens (tertiary/aromatic N) is 2. The van der Waals surface area contributed by atoms with Crippen molar-refractivity contribution in [3.8, 4) is 5.75 Å². The molecule has 0 spiro atoms. The van der Waals surface area contributed by atoms with Crippen molar-refractivity contribution in [3.63, 3.8) is 0 Å². The Labute approximate surface area is 235 Å². The maximum atomic E-state index is 13.9. The van der Waals surface area contributed by atoms with E-state index < -0.39 is 34.3 Å². The Balaban J connectivity index is 2.01. The highest BCUT2D eigenvalue weighted by molar-refractivity contribution is 7.92. The van der Waals surface area contributed by atoms with Gasteiger partial charge in [0.1, 0.15) is 24.2 Å². The molecule has 3 aromatic carbocycles. The van der Waals surface area contributed by atoms with Gasteiger partial charge in [-0.1, -0.05) is 29.8 Å². The molecule has 0 saturated heterocycles. The normalized spacial score (nSPS) is 12.1. The first-order chi connectivity index (χ1) is 18.9. The van der Waals surface area contributed by atoms with E-state index >= 15 is 0 Å². The molecule has 10 heteroatoms. The molecular formula is C30H36FN3O5S. The minimum Gasteiger partial charge on any atom is -0.494 e. The molecule has 3 rings (SSSR count). The van der Waals surface area contributed by atoms with E-state index in [9.17, 15) is 22.4 Å². The zero-order valence-corrected chi connectivity index (χ0v) is 24.2. The Bertz CT molecular complexity index is 1390. The van der Waals surface area contributed by atoms with Crippen LogP contribution in [0.1, 0.15) is 38.8 Å². The summed E-state index contributed by atoms with van der Waals surface area (Å²) in [5.41, 5.74) is 1.93. The van der Waals surface area contributed by atoms with Crippen LogP contribution in [0.2, 0.25) is 0 Å². The number of amides is 2. The van der Waals surface area contributed by atoms with E-state index in [1.54, 1.807) is 6.92 Å². The Morgan fingerprint density at radius 2 is 1.52 bits per heavy atom. The molecule has 2 amide bonds. The quantitative estimate of drug-likeness (QED) is 0.342. The van der Waals surface area contributed by atoms with Crippen molar-refractivity contribution in [2.24, 2.45) is 0 Å². The van der Waals surface area contributed by atoms with Gasteiger partial charge in [0, 0.05) is 12.6 Å². The van der Waals surface area contributed by atoms with Gasteiger partial charge in [0.15, 0.2) is 0 Å². The lowest BCUT2D eigenvalue weighted by molar-refractivity contribution is -0.139. The zero-order valence-electron chi connectivity index (χ0n) is 23.4. The topological polar surface area (TPSA) is 96.0 Å². The van der Waals surface area contributed by atoms with E-state index in [1.165, 1.54) is 41.3 Å². The van der Waals surface area contributed by atoms with Gasteiger partial charge in [0.25, 0.3) is 10.0 Å². The minimum atomic E-state index is -4.26. The summed E-state index contributed by atoms with van der Waals surface area (Å²) in [4.78, 5) is 28.1. The predicted molar refractivity (Wildman–Crippen MR) is 153 cm³/mol. The summed E-state index contributed by atoms with van der Waals surface area (Å²) < 4.78 is 47.8. The minimum absolute atomic E-state index is 0.0660. The third-order valence-corrected chi connectivity index (χ3v) is 7.98. The fourth-order valence-electron chi connectivity index (χ4n) is 4.02. The maximum absolute atomic E-state index is 13.9. The smallest absolute Gasteiger partial charge is 0.264 e. The summed E-state index contributed by atoms with van der Waals surface area (Å²) >= 11 is 0. The van der Waals surface area contributed by atoms with Crippen LogP contribution in [0.25, 0.3) is 0 Å². The SMILES string of the molecule is CCOc1ccc(S(=O)(=O)N(CC(=O)N(Cc2ccc(C)cc2)[C@H](C)C(=O)NC(C)C)c2ccc(F)cc2)cc1. The average molecular weight is 570 g/mol. The van der Waals surface area contributed by atoms with Crippen molar-refractivity contribution in [3.05, 3.63) is 89.7 Å².